The molecule has 4 aromatic carbocycles. The van der Waals surface area contributed by atoms with Crippen LogP contribution < -0.4 is 4.90 Å². The fourth-order valence-corrected chi connectivity index (χ4v) is 5.32. The van der Waals surface area contributed by atoms with Crippen molar-refractivity contribution in [3.8, 4) is 11.1 Å². The largest absolute Gasteiger partial charge is 0.345 e. The predicted octanol–water partition coefficient (Wildman–Crippen LogP) is 8.39. The molecule has 3 atom stereocenters. The van der Waals surface area contributed by atoms with Crippen molar-refractivity contribution in [3.05, 3.63) is 144 Å². The van der Waals surface area contributed by atoms with Crippen LogP contribution in [0.1, 0.15) is 23.5 Å². The Morgan fingerprint density at radius 1 is 0.647 bits per heavy atom. The van der Waals surface area contributed by atoms with Crippen molar-refractivity contribution in [1.29, 1.82) is 0 Å². The highest BCUT2D eigenvalue weighted by Gasteiger charge is 2.42. The molecule has 1 nitrogen and oxygen atoms in total. The number of rotatable bonds is 6. The summed E-state index contributed by atoms with van der Waals surface area (Å²) in [6, 6.07) is 39.5. The van der Waals surface area contributed by atoms with E-state index in [2.05, 4.69) is 139 Å². The van der Waals surface area contributed by atoms with Crippen molar-refractivity contribution in [2.75, 3.05) is 11.9 Å². The maximum absolute atomic E-state index is 2.37. The molecule has 0 spiro atoms. The van der Waals surface area contributed by atoms with E-state index in [1.165, 1.54) is 40.0 Å². The molecule has 34 heavy (non-hydrogen) atoms. The Morgan fingerprint density at radius 2 is 1.21 bits per heavy atom. The Balaban J connectivity index is 1.27. The van der Waals surface area contributed by atoms with Crippen LogP contribution in [0.5, 0.6) is 0 Å². The Morgan fingerprint density at radius 3 is 1.88 bits per heavy atom. The standard InChI is InChI=1S/C33H29N/c1-34(29-12-6-3-7-13-29)30-21-19-25(20-22-30)24-15-17-27(18-16-24)33(26-9-4-2-5-10-26)31-14-8-11-28-23-32(28)31/h2-22,28,32-33H,23H2,1H3. The van der Waals surface area contributed by atoms with E-state index >= 15 is 0 Å². The predicted molar refractivity (Wildman–Crippen MR) is 143 cm³/mol. The maximum atomic E-state index is 2.37. The molecule has 0 bridgehead atoms. The first-order chi connectivity index (χ1) is 16.8. The zero-order chi connectivity index (χ0) is 22.9. The van der Waals surface area contributed by atoms with Gasteiger partial charge in [-0.1, -0.05) is 109 Å². The zero-order valence-electron chi connectivity index (χ0n) is 19.5. The lowest BCUT2D eigenvalue weighted by Gasteiger charge is -2.23. The lowest BCUT2D eigenvalue weighted by Crippen LogP contribution is -2.09. The highest BCUT2D eigenvalue weighted by Crippen LogP contribution is 2.53. The van der Waals surface area contributed by atoms with Gasteiger partial charge in [0.1, 0.15) is 0 Å². The number of nitrogens with zero attached hydrogens (tertiary/aromatic N) is 1. The number of anilines is 2. The molecule has 166 valence electrons. The fraction of sp³-hybridized carbons (Fsp3) is 0.152. The van der Waals surface area contributed by atoms with E-state index < -0.39 is 0 Å². The lowest BCUT2D eigenvalue weighted by molar-refractivity contribution is 0.795. The van der Waals surface area contributed by atoms with Gasteiger partial charge in [0.25, 0.3) is 0 Å². The number of allylic oxidation sites excluding steroid dienone is 4. The quantitative estimate of drug-likeness (QED) is 0.292. The van der Waals surface area contributed by atoms with Crippen LogP contribution >= 0.6 is 0 Å². The van der Waals surface area contributed by atoms with Gasteiger partial charge in [0, 0.05) is 24.3 Å². The van der Waals surface area contributed by atoms with Crippen molar-refractivity contribution >= 4 is 11.4 Å². The average Bonchev–Trinajstić information content (AvgIpc) is 3.71. The number of hydrogen-bond acceptors (Lipinski definition) is 1. The van der Waals surface area contributed by atoms with Crippen molar-refractivity contribution in [2.45, 2.75) is 12.3 Å². The van der Waals surface area contributed by atoms with E-state index in [0.29, 0.717) is 11.8 Å². The van der Waals surface area contributed by atoms with Gasteiger partial charge in [-0.25, -0.2) is 0 Å². The number of para-hydroxylation sites is 1. The van der Waals surface area contributed by atoms with Crippen LogP contribution in [0.3, 0.4) is 0 Å². The summed E-state index contributed by atoms with van der Waals surface area (Å²) in [5.41, 5.74) is 9.21. The molecule has 0 N–H and O–H groups in total. The second-order valence-corrected chi connectivity index (χ2v) is 9.46. The van der Waals surface area contributed by atoms with E-state index in [0.717, 1.165) is 5.92 Å². The molecule has 4 aromatic rings. The first-order valence-corrected chi connectivity index (χ1v) is 12.2. The molecule has 0 radical (unpaired) electrons. The highest BCUT2D eigenvalue weighted by molar-refractivity contribution is 5.70. The van der Waals surface area contributed by atoms with Crippen LogP contribution in [0, 0.1) is 11.8 Å². The molecule has 2 aliphatic rings. The zero-order valence-corrected chi connectivity index (χ0v) is 19.5. The van der Waals surface area contributed by atoms with Crippen LogP contribution in [-0.2, 0) is 0 Å². The van der Waals surface area contributed by atoms with Gasteiger partial charge in [0.15, 0.2) is 0 Å². The van der Waals surface area contributed by atoms with Crippen LogP contribution in [0.4, 0.5) is 11.4 Å². The monoisotopic (exact) mass is 439 g/mol. The normalized spacial score (nSPS) is 19.1. The van der Waals surface area contributed by atoms with Crippen molar-refractivity contribution in [3.63, 3.8) is 0 Å². The van der Waals surface area contributed by atoms with Gasteiger partial charge >= 0.3 is 0 Å². The van der Waals surface area contributed by atoms with E-state index in [1.54, 1.807) is 5.57 Å². The molecule has 0 aromatic heterocycles. The van der Waals surface area contributed by atoms with E-state index in [1.807, 2.05) is 0 Å². The average molecular weight is 440 g/mol. The second kappa shape index (κ2) is 8.83. The maximum Gasteiger partial charge on any atom is 0.0408 e. The summed E-state index contributed by atoms with van der Waals surface area (Å²) in [6.07, 6.45) is 8.30. The van der Waals surface area contributed by atoms with Crippen molar-refractivity contribution in [1.82, 2.24) is 0 Å². The van der Waals surface area contributed by atoms with Gasteiger partial charge in [0.2, 0.25) is 0 Å². The minimum absolute atomic E-state index is 0.331. The Hall–Kier alpha value is -3.84. The molecule has 1 fully saturated rings. The highest BCUT2D eigenvalue weighted by atomic mass is 15.1. The van der Waals surface area contributed by atoms with Crippen LogP contribution in [0.2, 0.25) is 0 Å². The van der Waals surface area contributed by atoms with Crippen LogP contribution in [0.15, 0.2) is 133 Å². The van der Waals surface area contributed by atoms with Crippen molar-refractivity contribution < 1.29 is 0 Å². The first-order valence-electron chi connectivity index (χ1n) is 12.2. The molecule has 0 aliphatic heterocycles. The summed E-state index contributed by atoms with van der Waals surface area (Å²) in [6.45, 7) is 0. The molecule has 6 rings (SSSR count). The smallest absolute Gasteiger partial charge is 0.0408 e. The van der Waals surface area contributed by atoms with E-state index in [9.17, 15) is 0 Å². The lowest BCUT2D eigenvalue weighted by atomic mass is 9.80. The molecular weight excluding hydrogens is 410 g/mol. The van der Waals surface area contributed by atoms with Gasteiger partial charge < -0.3 is 4.90 Å². The summed E-state index contributed by atoms with van der Waals surface area (Å²) < 4.78 is 0. The molecule has 0 heterocycles. The minimum Gasteiger partial charge on any atom is -0.345 e. The van der Waals surface area contributed by atoms with E-state index in [4.69, 9.17) is 0 Å². The molecule has 1 saturated carbocycles. The minimum atomic E-state index is 0.331. The van der Waals surface area contributed by atoms with Gasteiger partial charge in [-0.2, -0.15) is 0 Å². The summed E-state index contributed by atoms with van der Waals surface area (Å²) in [5.74, 6) is 1.79. The summed E-state index contributed by atoms with van der Waals surface area (Å²) >= 11 is 0. The summed E-state index contributed by atoms with van der Waals surface area (Å²) in [7, 11) is 2.11. The van der Waals surface area contributed by atoms with Gasteiger partial charge in [-0.3, -0.25) is 0 Å². The van der Waals surface area contributed by atoms with Gasteiger partial charge in [0.05, 0.1) is 0 Å². The van der Waals surface area contributed by atoms with Gasteiger partial charge in [-0.05, 0) is 64.8 Å². The first kappa shape index (κ1) is 20.7. The molecular formula is C33H29N. The number of hydrogen-bond donors (Lipinski definition) is 0. The Bertz CT molecular complexity index is 1320. The third-order valence-electron chi connectivity index (χ3n) is 7.36. The van der Waals surface area contributed by atoms with Crippen molar-refractivity contribution in [2.24, 2.45) is 11.8 Å². The van der Waals surface area contributed by atoms with Gasteiger partial charge in [-0.15, -0.1) is 0 Å². The molecule has 0 saturated heterocycles. The topological polar surface area (TPSA) is 3.24 Å². The molecule has 0 amide bonds. The molecule has 1 heteroatoms. The summed E-state index contributed by atoms with van der Waals surface area (Å²) in [5, 5.41) is 0. The number of benzene rings is 4. The number of fused-ring (bicyclic) bond motifs is 1. The second-order valence-electron chi connectivity index (χ2n) is 9.46. The third-order valence-corrected chi connectivity index (χ3v) is 7.36. The SMILES string of the molecule is CN(c1ccccc1)c1ccc(-c2ccc(C(C3=CC=CC4CC34)c3ccccc3)cc2)cc1. The van der Waals surface area contributed by atoms with Crippen LogP contribution in [0.25, 0.3) is 11.1 Å². The van der Waals surface area contributed by atoms with E-state index in [-0.39, 0.29) is 0 Å². The third kappa shape index (κ3) is 3.99. The fourth-order valence-electron chi connectivity index (χ4n) is 5.32. The summed E-state index contributed by atoms with van der Waals surface area (Å²) in [4.78, 5) is 2.22. The molecule has 3 unspecified atom stereocenters. The molecule has 2 aliphatic carbocycles. The Kier molecular flexibility index (Phi) is 5.39. The Labute approximate surface area is 202 Å². The van der Waals surface area contributed by atoms with Crippen LogP contribution in [-0.4, -0.2) is 7.05 Å².